The third-order valence-corrected chi connectivity index (χ3v) is 4.82. The van der Waals surface area contributed by atoms with Crippen molar-refractivity contribution in [2.45, 2.75) is 6.54 Å². The summed E-state index contributed by atoms with van der Waals surface area (Å²) in [5.41, 5.74) is 2.73. The minimum Gasteiger partial charge on any atom is -0.314 e. The van der Waals surface area contributed by atoms with Crippen LogP contribution < -0.4 is 5.32 Å². The van der Waals surface area contributed by atoms with E-state index in [1.165, 1.54) is 5.56 Å². The first-order valence-electron chi connectivity index (χ1n) is 8.32. The Labute approximate surface area is 158 Å². The molecule has 2 aromatic carbocycles. The minimum atomic E-state index is -0.126. The molecule has 1 aliphatic rings. The van der Waals surface area contributed by atoms with Crippen LogP contribution in [-0.2, 0) is 6.54 Å². The van der Waals surface area contributed by atoms with Gasteiger partial charge in [0.1, 0.15) is 0 Å². The lowest BCUT2D eigenvalue weighted by Gasteiger charge is -2.27. The fraction of sp³-hybridized carbons (Fsp3) is 0.250. The second kappa shape index (κ2) is 8.63. The van der Waals surface area contributed by atoms with Crippen LogP contribution in [0.2, 0.25) is 10.0 Å². The van der Waals surface area contributed by atoms with Crippen LogP contribution in [0.4, 0.5) is 0 Å². The molecule has 0 saturated carbocycles. The zero-order valence-electron chi connectivity index (χ0n) is 13.8. The Bertz CT molecular complexity index is 783. The van der Waals surface area contributed by atoms with E-state index in [2.05, 4.69) is 16.3 Å². The molecule has 1 saturated heterocycles. The van der Waals surface area contributed by atoms with Crippen LogP contribution in [-0.4, -0.2) is 36.9 Å². The lowest BCUT2D eigenvalue weighted by molar-refractivity contribution is 0.104. The molecule has 3 nitrogen and oxygen atoms in total. The summed E-state index contributed by atoms with van der Waals surface area (Å²) < 4.78 is 0. The fourth-order valence-corrected chi connectivity index (χ4v) is 3.40. The topological polar surface area (TPSA) is 32.3 Å². The van der Waals surface area contributed by atoms with Crippen molar-refractivity contribution in [2.24, 2.45) is 0 Å². The number of hydrogen-bond donors (Lipinski definition) is 1. The summed E-state index contributed by atoms with van der Waals surface area (Å²) in [6.45, 7) is 5.00. The highest BCUT2D eigenvalue weighted by Crippen LogP contribution is 2.22. The summed E-state index contributed by atoms with van der Waals surface area (Å²) in [5.74, 6) is -0.126. The average molecular weight is 375 g/mol. The van der Waals surface area contributed by atoms with E-state index in [9.17, 15) is 4.79 Å². The molecule has 0 radical (unpaired) electrons. The monoisotopic (exact) mass is 374 g/mol. The molecule has 0 bridgehead atoms. The number of hydrogen-bond acceptors (Lipinski definition) is 3. The number of rotatable bonds is 5. The van der Waals surface area contributed by atoms with Gasteiger partial charge in [-0.1, -0.05) is 53.5 Å². The first-order chi connectivity index (χ1) is 12.1. The quantitative estimate of drug-likeness (QED) is 0.625. The van der Waals surface area contributed by atoms with Crippen molar-refractivity contribution >= 4 is 35.1 Å². The number of allylic oxidation sites excluding steroid dienone is 1. The largest absolute Gasteiger partial charge is 0.314 e. The molecular formula is C20H20Cl2N2O. The van der Waals surface area contributed by atoms with E-state index in [1.54, 1.807) is 24.3 Å². The van der Waals surface area contributed by atoms with Crippen LogP contribution in [0.25, 0.3) is 6.08 Å². The van der Waals surface area contributed by atoms with Crippen molar-refractivity contribution in [3.63, 3.8) is 0 Å². The number of halogens is 2. The van der Waals surface area contributed by atoms with Crippen molar-refractivity contribution in [3.8, 4) is 0 Å². The molecule has 1 heterocycles. The number of carbonyl (C=O) groups excluding carboxylic acids is 1. The lowest BCUT2D eigenvalue weighted by atomic mass is 10.0. The second-order valence-corrected chi connectivity index (χ2v) is 6.89. The third kappa shape index (κ3) is 4.93. The summed E-state index contributed by atoms with van der Waals surface area (Å²) >= 11 is 12.0. The number of nitrogens with zero attached hydrogens (tertiary/aromatic N) is 1. The zero-order chi connectivity index (χ0) is 17.6. The maximum atomic E-state index is 12.4. The van der Waals surface area contributed by atoms with Crippen molar-refractivity contribution in [1.29, 1.82) is 0 Å². The predicted octanol–water partition coefficient (Wildman–Crippen LogP) is 4.29. The number of ketones is 1. The minimum absolute atomic E-state index is 0.126. The van der Waals surface area contributed by atoms with E-state index in [1.807, 2.05) is 24.3 Å². The van der Waals surface area contributed by atoms with Gasteiger partial charge in [0.05, 0.1) is 5.02 Å². The van der Waals surface area contributed by atoms with E-state index < -0.39 is 0 Å². The van der Waals surface area contributed by atoms with Gasteiger partial charge in [-0.15, -0.1) is 0 Å². The van der Waals surface area contributed by atoms with Crippen molar-refractivity contribution in [2.75, 3.05) is 26.2 Å². The Morgan fingerprint density at radius 3 is 2.64 bits per heavy atom. The Morgan fingerprint density at radius 2 is 1.88 bits per heavy atom. The number of nitrogens with one attached hydrogen (secondary N) is 1. The van der Waals surface area contributed by atoms with Crippen LogP contribution >= 0.6 is 23.2 Å². The predicted molar refractivity (Wildman–Crippen MR) is 104 cm³/mol. The van der Waals surface area contributed by atoms with Crippen molar-refractivity contribution < 1.29 is 4.79 Å². The van der Waals surface area contributed by atoms with Gasteiger partial charge in [0.2, 0.25) is 0 Å². The maximum absolute atomic E-state index is 12.4. The molecule has 0 spiro atoms. The van der Waals surface area contributed by atoms with Gasteiger partial charge < -0.3 is 5.32 Å². The van der Waals surface area contributed by atoms with Crippen LogP contribution in [0.3, 0.4) is 0 Å². The zero-order valence-corrected chi connectivity index (χ0v) is 15.4. The molecule has 5 heteroatoms. The van der Waals surface area contributed by atoms with Gasteiger partial charge >= 0.3 is 0 Å². The van der Waals surface area contributed by atoms with Crippen molar-refractivity contribution in [3.05, 3.63) is 75.3 Å². The SMILES string of the molecule is O=C(/C=C/c1ccccc1CN1CCNCC1)c1ccc(Cl)cc1Cl. The van der Waals surface area contributed by atoms with Gasteiger partial charge in [0.25, 0.3) is 0 Å². The Morgan fingerprint density at radius 1 is 1.12 bits per heavy atom. The van der Waals surface area contributed by atoms with Gasteiger partial charge in [0, 0.05) is 43.3 Å². The molecule has 0 atom stereocenters. The van der Waals surface area contributed by atoms with Crippen LogP contribution in [0.1, 0.15) is 21.5 Å². The van der Waals surface area contributed by atoms with E-state index >= 15 is 0 Å². The second-order valence-electron chi connectivity index (χ2n) is 6.05. The van der Waals surface area contributed by atoms with Crippen molar-refractivity contribution in [1.82, 2.24) is 10.2 Å². The molecular weight excluding hydrogens is 355 g/mol. The van der Waals surface area contributed by atoms with E-state index in [0.717, 1.165) is 38.3 Å². The molecule has 0 aliphatic carbocycles. The van der Waals surface area contributed by atoms with E-state index in [4.69, 9.17) is 23.2 Å². The molecule has 2 aromatic rings. The Balaban J connectivity index is 1.75. The van der Waals surface area contributed by atoms with Crippen LogP contribution in [0.15, 0.2) is 48.5 Å². The number of piperazine rings is 1. The standard InChI is InChI=1S/C20H20Cl2N2O/c21-17-6-7-18(19(22)13-17)20(25)8-5-15-3-1-2-4-16(15)14-24-11-9-23-10-12-24/h1-8,13,23H,9-12,14H2/b8-5+. The maximum Gasteiger partial charge on any atom is 0.187 e. The van der Waals surface area contributed by atoms with Gasteiger partial charge in [-0.2, -0.15) is 0 Å². The highest BCUT2D eigenvalue weighted by Gasteiger charge is 2.12. The molecule has 1 N–H and O–H groups in total. The molecule has 0 aromatic heterocycles. The van der Waals surface area contributed by atoms with E-state index in [0.29, 0.717) is 15.6 Å². The van der Waals surface area contributed by atoms with Crippen LogP contribution in [0.5, 0.6) is 0 Å². The Kier molecular flexibility index (Phi) is 6.27. The van der Waals surface area contributed by atoms with Gasteiger partial charge in [-0.05, 0) is 35.4 Å². The number of carbonyl (C=O) groups is 1. The summed E-state index contributed by atoms with van der Waals surface area (Å²) in [6, 6.07) is 13.1. The van der Waals surface area contributed by atoms with E-state index in [-0.39, 0.29) is 5.78 Å². The van der Waals surface area contributed by atoms with Crippen LogP contribution in [0, 0.1) is 0 Å². The molecule has 1 aliphatic heterocycles. The van der Waals surface area contributed by atoms with Gasteiger partial charge in [0.15, 0.2) is 5.78 Å². The van der Waals surface area contributed by atoms with Gasteiger partial charge in [-0.25, -0.2) is 0 Å². The molecule has 0 unspecified atom stereocenters. The molecule has 130 valence electrons. The lowest BCUT2D eigenvalue weighted by Crippen LogP contribution is -2.42. The smallest absolute Gasteiger partial charge is 0.187 e. The first-order valence-corrected chi connectivity index (χ1v) is 9.07. The first kappa shape index (κ1) is 18.2. The number of benzene rings is 2. The summed E-state index contributed by atoms with van der Waals surface area (Å²) in [4.78, 5) is 14.8. The normalized spacial score (nSPS) is 15.6. The average Bonchev–Trinajstić information content (AvgIpc) is 2.61. The summed E-state index contributed by atoms with van der Waals surface area (Å²) in [6.07, 6.45) is 3.44. The fourth-order valence-electron chi connectivity index (χ4n) is 2.90. The Hall–Kier alpha value is -1.65. The molecule has 1 fully saturated rings. The highest BCUT2D eigenvalue weighted by atomic mass is 35.5. The molecule has 3 rings (SSSR count). The molecule has 25 heavy (non-hydrogen) atoms. The third-order valence-electron chi connectivity index (χ3n) is 4.27. The summed E-state index contributed by atoms with van der Waals surface area (Å²) in [5, 5.41) is 4.25. The summed E-state index contributed by atoms with van der Waals surface area (Å²) in [7, 11) is 0. The highest BCUT2D eigenvalue weighted by molar-refractivity contribution is 6.37. The molecule has 0 amide bonds. The van der Waals surface area contributed by atoms with Gasteiger partial charge in [-0.3, -0.25) is 9.69 Å².